The Balaban J connectivity index is 1.61. The van der Waals surface area contributed by atoms with Crippen molar-refractivity contribution in [2.75, 3.05) is 19.3 Å². The molecule has 106 valence electrons. The maximum atomic E-state index is 12.0. The Morgan fingerprint density at radius 3 is 3.00 bits per heavy atom. The average Bonchev–Trinajstić information content (AvgIpc) is 2.87. The van der Waals surface area contributed by atoms with Gasteiger partial charge < -0.3 is 5.32 Å². The average molecular weight is 290 g/mol. The topological polar surface area (TPSA) is 49.4 Å². The van der Waals surface area contributed by atoms with E-state index in [-0.39, 0.29) is 17.9 Å². The Bertz CT molecular complexity index is 546. The number of nitrogens with one attached hydrogen (secondary N) is 1. The van der Waals surface area contributed by atoms with Crippen molar-refractivity contribution in [1.82, 2.24) is 10.2 Å². The van der Waals surface area contributed by atoms with Crippen LogP contribution in [0.2, 0.25) is 0 Å². The van der Waals surface area contributed by atoms with Crippen LogP contribution in [-0.2, 0) is 9.59 Å². The fraction of sp³-hybridized carbons (Fsp3) is 0.467. The third-order valence-electron chi connectivity index (χ3n) is 4.06. The number of thioether (sulfide) groups is 1. The predicted molar refractivity (Wildman–Crippen MR) is 78.7 cm³/mol. The second-order valence-corrected chi connectivity index (χ2v) is 6.40. The first kappa shape index (κ1) is 13.6. The van der Waals surface area contributed by atoms with Gasteiger partial charge in [-0.2, -0.15) is 0 Å². The Morgan fingerprint density at radius 2 is 2.15 bits per heavy atom. The van der Waals surface area contributed by atoms with Gasteiger partial charge in [0, 0.05) is 36.6 Å². The standard InChI is InChI=1S/C15H18N2O2S/c1-17-14(18)7-6-12(15(17)19)16-8-10-9-20-13-5-3-2-4-11(10)13/h2-5,10,12,16H,6-9H2,1H3. The minimum atomic E-state index is -0.213. The van der Waals surface area contributed by atoms with Crippen LogP contribution in [0.1, 0.15) is 24.3 Å². The number of nitrogens with zero attached hydrogens (tertiary/aromatic N) is 1. The van der Waals surface area contributed by atoms with Crippen molar-refractivity contribution in [3.8, 4) is 0 Å². The fourth-order valence-corrected chi connectivity index (χ4v) is 4.04. The van der Waals surface area contributed by atoms with Crippen LogP contribution >= 0.6 is 11.8 Å². The molecule has 2 amide bonds. The molecule has 1 fully saturated rings. The molecular weight excluding hydrogens is 272 g/mol. The van der Waals surface area contributed by atoms with E-state index < -0.39 is 0 Å². The number of piperidine rings is 1. The van der Waals surface area contributed by atoms with E-state index in [4.69, 9.17) is 0 Å². The highest BCUT2D eigenvalue weighted by Gasteiger charge is 2.32. The second-order valence-electron chi connectivity index (χ2n) is 5.34. The number of carbonyl (C=O) groups is 2. The number of benzene rings is 1. The van der Waals surface area contributed by atoms with Crippen LogP contribution in [0, 0.1) is 0 Å². The summed E-state index contributed by atoms with van der Waals surface area (Å²) >= 11 is 1.87. The van der Waals surface area contributed by atoms with E-state index in [0.29, 0.717) is 18.8 Å². The van der Waals surface area contributed by atoms with Gasteiger partial charge in [-0.3, -0.25) is 14.5 Å². The zero-order valence-corrected chi connectivity index (χ0v) is 12.3. The number of fused-ring (bicyclic) bond motifs is 1. The number of amides is 2. The molecule has 1 saturated heterocycles. The molecule has 0 bridgehead atoms. The molecule has 4 nitrogen and oxygen atoms in total. The summed E-state index contributed by atoms with van der Waals surface area (Å²) in [4.78, 5) is 26.1. The van der Waals surface area contributed by atoms with E-state index in [2.05, 4.69) is 29.6 Å². The van der Waals surface area contributed by atoms with Gasteiger partial charge in [-0.25, -0.2) is 0 Å². The van der Waals surface area contributed by atoms with Crippen LogP contribution in [0.5, 0.6) is 0 Å². The Labute approximate surface area is 122 Å². The zero-order valence-electron chi connectivity index (χ0n) is 11.5. The van der Waals surface area contributed by atoms with Crippen molar-refractivity contribution in [2.24, 2.45) is 0 Å². The Hall–Kier alpha value is -1.33. The molecule has 2 atom stereocenters. The lowest BCUT2D eigenvalue weighted by Crippen LogP contribution is -2.52. The minimum Gasteiger partial charge on any atom is -0.305 e. The molecule has 0 saturated carbocycles. The van der Waals surface area contributed by atoms with Crippen LogP contribution in [0.3, 0.4) is 0 Å². The molecule has 0 aliphatic carbocycles. The van der Waals surface area contributed by atoms with E-state index in [1.165, 1.54) is 15.4 Å². The molecule has 1 aromatic rings. The van der Waals surface area contributed by atoms with Gasteiger partial charge in [-0.15, -0.1) is 11.8 Å². The lowest BCUT2D eigenvalue weighted by atomic mass is 9.99. The summed E-state index contributed by atoms with van der Waals surface area (Å²) in [5.41, 5.74) is 1.37. The molecule has 2 aliphatic rings. The predicted octanol–water partition coefficient (Wildman–Crippen LogP) is 1.61. The minimum absolute atomic E-state index is 0.0742. The van der Waals surface area contributed by atoms with Gasteiger partial charge in [0.25, 0.3) is 0 Å². The summed E-state index contributed by atoms with van der Waals surface area (Å²) in [6, 6.07) is 8.23. The summed E-state index contributed by atoms with van der Waals surface area (Å²) in [6.45, 7) is 0.794. The van der Waals surface area contributed by atoms with E-state index in [9.17, 15) is 9.59 Å². The molecule has 2 unspecified atom stereocenters. The van der Waals surface area contributed by atoms with Gasteiger partial charge in [-0.1, -0.05) is 18.2 Å². The molecule has 0 radical (unpaired) electrons. The van der Waals surface area contributed by atoms with Gasteiger partial charge in [0.15, 0.2) is 0 Å². The van der Waals surface area contributed by atoms with Crippen molar-refractivity contribution in [1.29, 1.82) is 0 Å². The SMILES string of the molecule is CN1C(=O)CCC(NCC2CSc3ccccc32)C1=O. The molecule has 2 heterocycles. The molecule has 1 N–H and O–H groups in total. The van der Waals surface area contributed by atoms with Crippen molar-refractivity contribution in [3.63, 3.8) is 0 Å². The number of hydrogen-bond acceptors (Lipinski definition) is 4. The molecule has 3 rings (SSSR count). The second kappa shape index (κ2) is 5.58. The number of carbonyl (C=O) groups excluding carboxylic acids is 2. The zero-order chi connectivity index (χ0) is 14.1. The third-order valence-corrected chi connectivity index (χ3v) is 5.31. The summed E-state index contributed by atoms with van der Waals surface area (Å²) in [5.74, 6) is 1.34. The van der Waals surface area contributed by atoms with E-state index in [1.54, 1.807) is 7.05 Å². The summed E-state index contributed by atoms with van der Waals surface area (Å²) in [6.07, 6.45) is 1.07. The van der Waals surface area contributed by atoms with Crippen LogP contribution < -0.4 is 5.32 Å². The van der Waals surface area contributed by atoms with Crippen LogP contribution in [0.15, 0.2) is 29.2 Å². The monoisotopic (exact) mass is 290 g/mol. The van der Waals surface area contributed by atoms with Crippen molar-refractivity contribution in [2.45, 2.75) is 29.7 Å². The molecule has 0 spiro atoms. The molecule has 2 aliphatic heterocycles. The van der Waals surface area contributed by atoms with Crippen molar-refractivity contribution in [3.05, 3.63) is 29.8 Å². The van der Waals surface area contributed by atoms with Crippen molar-refractivity contribution >= 4 is 23.6 Å². The summed E-state index contributed by atoms with van der Waals surface area (Å²) < 4.78 is 0. The Kier molecular flexibility index (Phi) is 3.81. The lowest BCUT2D eigenvalue weighted by Gasteiger charge is -2.29. The van der Waals surface area contributed by atoms with Gasteiger partial charge in [0.1, 0.15) is 0 Å². The highest BCUT2D eigenvalue weighted by molar-refractivity contribution is 7.99. The van der Waals surface area contributed by atoms with E-state index >= 15 is 0 Å². The molecule has 5 heteroatoms. The van der Waals surface area contributed by atoms with Crippen molar-refractivity contribution < 1.29 is 9.59 Å². The van der Waals surface area contributed by atoms with E-state index in [0.717, 1.165) is 12.3 Å². The number of likely N-dealkylation sites (tertiary alicyclic amines) is 1. The first-order valence-corrected chi connectivity index (χ1v) is 7.91. The highest BCUT2D eigenvalue weighted by Crippen LogP contribution is 2.38. The maximum Gasteiger partial charge on any atom is 0.246 e. The number of likely N-dealkylation sites (N-methyl/N-ethyl adjacent to an activating group) is 1. The van der Waals surface area contributed by atoms with E-state index in [1.807, 2.05) is 11.8 Å². The third kappa shape index (κ3) is 2.47. The Morgan fingerprint density at radius 1 is 1.35 bits per heavy atom. The summed E-state index contributed by atoms with van der Waals surface area (Å²) in [5, 5.41) is 3.35. The lowest BCUT2D eigenvalue weighted by molar-refractivity contribution is -0.148. The van der Waals surface area contributed by atoms with Crippen LogP contribution in [0.4, 0.5) is 0 Å². The quantitative estimate of drug-likeness (QED) is 0.859. The highest BCUT2D eigenvalue weighted by atomic mass is 32.2. The number of imide groups is 1. The number of rotatable bonds is 3. The van der Waals surface area contributed by atoms with Crippen LogP contribution in [0.25, 0.3) is 0 Å². The van der Waals surface area contributed by atoms with Gasteiger partial charge in [0.05, 0.1) is 6.04 Å². The molecule has 0 aromatic heterocycles. The van der Waals surface area contributed by atoms with Gasteiger partial charge in [0.2, 0.25) is 11.8 Å². The summed E-state index contributed by atoms with van der Waals surface area (Å²) in [7, 11) is 1.57. The first-order valence-electron chi connectivity index (χ1n) is 6.92. The fourth-order valence-electron chi connectivity index (χ4n) is 2.79. The molecule has 20 heavy (non-hydrogen) atoms. The first-order chi connectivity index (χ1) is 9.66. The largest absolute Gasteiger partial charge is 0.305 e. The maximum absolute atomic E-state index is 12.0. The normalized spacial score (nSPS) is 25.9. The molecular formula is C15H18N2O2S. The van der Waals surface area contributed by atoms with Gasteiger partial charge >= 0.3 is 0 Å². The van der Waals surface area contributed by atoms with Crippen LogP contribution in [-0.4, -0.2) is 42.1 Å². The number of hydrogen-bond donors (Lipinski definition) is 1. The smallest absolute Gasteiger partial charge is 0.246 e. The van der Waals surface area contributed by atoms with Gasteiger partial charge in [-0.05, 0) is 18.1 Å². The molecule has 1 aromatic carbocycles.